The van der Waals surface area contributed by atoms with Crippen LogP contribution in [0.15, 0.2) is 6.20 Å². The number of sulfonamides is 1. The molecule has 0 atom stereocenters. The van der Waals surface area contributed by atoms with Crippen molar-refractivity contribution in [3.63, 3.8) is 0 Å². The normalized spacial score (nSPS) is 12.2. The summed E-state index contributed by atoms with van der Waals surface area (Å²) in [5, 5.41) is 3.93. The van der Waals surface area contributed by atoms with Crippen molar-refractivity contribution < 1.29 is 13.2 Å². The van der Waals surface area contributed by atoms with Gasteiger partial charge in [-0.1, -0.05) is 0 Å². The molecular formula is C10H20N4O3S. The quantitative estimate of drug-likeness (QED) is 0.721. The van der Waals surface area contributed by atoms with Gasteiger partial charge in [-0.25, -0.2) is 13.1 Å². The third-order valence-electron chi connectivity index (χ3n) is 2.35. The van der Waals surface area contributed by atoms with Gasteiger partial charge in [0.05, 0.1) is 24.7 Å². The summed E-state index contributed by atoms with van der Waals surface area (Å²) in [4.78, 5) is 0. The summed E-state index contributed by atoms with van der Waals surface area (Å²) in [6.45, 7) is 4.03. The highest BCUT2D eigenvalue weighted by Crippen LogP contribution is 2.08. The predicted octanol–water partition coefficient (Wildman–Crippen LogP) is -0.153. The van der Waals surface area contributed by atoms with E-state index in [4.69, 9.17) is 10.5 Å². The Kier molecular flexibility index (Phi) is 5.12. The van der Waals surface area contributed by atoms with Crippen LogP contribution in [-0.4, -0.2) is 36.7 Å². The zero-order chi connectivity index (χ0) is 13.8. The van der Waals surface area contributed by atoms with E-state index in [1.807, 2.05) is 13.8 Å². The summed E-state index contributed by atoms with van der Waals surface area (Å²) in [5.74, 6) is 0.391. The first kappa shape index (κ1) is 14.9. The van der Waals surface area contributed by atoms with E-state index in [2.05, 4.69) is 9.82 Å². The molecule has 18 heavy (non-hydrogen) atoms. The van der Waals surface area contributed by atoms with Gasteiger partial charge < -0.3 is 10.5 Å². The van der Waals surface area contributed by atoms with E-state index in [-0.39, 0.29) is 25.0 Å². The number of aryl methyl sites for hydroxylation is 1. The Morgan fingerprint density at radius 3 is 2.72 bits per heavy atom. The van der Waals surface area contributed by atoms with Crippen molar-refractivity contribution >= 4 is 15.8 Å². The molecule has 0 bridgehead atoms. The summed E-state index contributed by atoms with van der Waals surface area (Å²) in [7, 11) is -1.65. The molecule has 0 saturated heterocycles. The number of nitrogens with two attached hydrogens (primary N) is 1. The van der Waals surface area contributed by atoms with Crippen molar-refractivity contribution in [3.05, 3.63) is 11.8 Å². The summed E-state index contributed by atoms with van der Waals surface area (Å²) < 4.78 is 32.4. The maximum Gasteiger partial charge on any atom is 0.214 e. The lowest BCUT2D eigenvalue weighted by molar-refractivity contribution is 0.0911. The van der Waals surface area contributed by atoms with Crippen LogP contribution >= 0.6 is 0 Å². The van der Waals surface area contributed by atoms with Gasteiger partial charge in [0.25, 0.3) is 0 Å². The van der Waals surface area contributed by atoms with E-state index in [1.54, 1.807) is 13.2 Å². The number of hydrogen-bond donors (Lipinski definition) is 2. The van der Waals surface area contributed by atoms with Crippen LogP contribution in [-0.2, 0) is 28.4 Å². The van der Waals surface area contributed by atoms with E-state index < -0.39 is 10.0 Å². The molecule has 0 fully saturated rings. The Morgan fingerprint density at radius 1 is 1.56 bits per heavy atom. The van der Waals surface area contributed by atoms with Crippen LogP contribution in [0.2, 0.25) is 0 Å². The SMILES string of the molecule is CC(C)OCCS(=O)(=O)NCc1cnn(C)c1N. The smallest absolute Gasteiger partial charge is 0.214 e. The first-order chi connectivity index (χ1) is 8.32. The molecule has 1 aromatic heterocycles. The Labute approximate surface area is 107 Å². The number of rotatable bonds is 7. The molecule has 0 aliphatic heterocycles. The second kappa shape index (κ2) is 6.17. The second-order valence-corrected chi connectivity index (χ2v) is 6.16. The Hall–Kier alpha value is -1.12. The number of nitrogens with one attached hydrogen (secondary N) is 1. The minimum atomic E-state index is -3.35. The minimum absolute atomic E-state index is 0.0224. The lowest BCUT2D eigenvalue weighted by Gasteiger charge is -2.09. The van der Waals surface area contributed by atoms with Crippen molar-refractivity contribution in [2.75, 3.05) is 18.1 Å². The highest BCUT2D eigenvalue weighted by Gasteiger charge is 2.12. The molecule has 0 aliphatic carbocycles. The van der Waals surface area contributed by atoms with Crippen LogP contribution in [0.4, 0.5) is 5.82 Å². The van der Waals surface area contributed by atoms with Gasteiger partial charge in [-0.05, 0) is 13.8 Å². The molecule has 8 heteroatoms. The van der Waals surface area contributed by atoms with Gasteiger partial charge in [0.1, 0.15) is 5.82 Å². The number of aromatic nitrogens is 2. The number of nitrogens with zero attached hydrogens (tertiary/aromatic N) is 2. The maximum absolute atomic E-state index is 11.6. The number of nitrogen functional groups attached to an aromatic ring is 1. The second-order valence-electron chi connectivity index (χ2n) is 4.24. The molecule has 0 aliphatic rings. The molecule has 1 rings (SSSR count). The molecule has 0 aromatic carbocycles. The average Bonchev–Trinajstić information content (AvgIpc) is 2.56. The summed E-state index contributed by atoms with van der Waals surface area (Å²) in [5.41, 5.74) is 6.37. The lowest BCUT2D eigenvalue weighted by atomic mass is 10.3. The molecule has 104 valence electrons. The third kappa shape index (κ3) is 4.63. The number of anilines is 1. The van der Waals surface area contributed by atoms with Crippen LogP contribution in [0, 0.1) is 0 Å². The molecule has 0 spiro atoms. The molecule has 7 nitrogen and oxygen atoms in total. The monoisotopic (exact) mass is 276 g/mol. The first-order valence-corrected chi connectivity index (χ1v) is 7.32. The van der Waals surface area contributed by atoms with E-state index >= 15 is 0 Å². The first-order valence-electron chi connectivity index (χ1n) is 5.67. The molecule has 3 N–H and O–H groups in total. The van der Waals surface area contributed by atoms with Gasteiger partial charge in [0, 0.05) is 19.2 Å². The standard InChI is InChI=1S/C10H20N4O3S/c1-8(2)17-4-5-18(15,16)13-7-9-6-12-14(3)10(9)11/h6,8,13H,4-5,7,11H2,1-3H3. The van der Waals surface area contributed by atoms with Crippen LogP contribution in [0.25, 0.3) is 0 Å². The van der Waals surface area contributed by atoms with Crippen LogP contribution in [0.1, 0.15) is 19.4 Å². The molecule has 1 heterocycles. The Morgan fingerprint density at radius 2 is 2.22 bits per heavy atom. The van der Waals surface area contributed by atoms with Gasteiger partial charge in [-0.15, -0.1) is 0 Å². The molecule has 1 aromatic rings. The highest BCUT2D eigenvalue weighted by molar-refractivity contribution is 7.89. The molecular weight excluding hydrogens is 256 g/mol. The van der Waals surface area contributed by atoms with Crippen LogP contribution < -0.4 is 10.5 Å². The minimum Gasteiger partial charge on any atom is -0.384 e. The Balaban J connectivity index is 2.44. The zero-order valence-corrected chi connectivity index (χ0v) is 11.7. The van der Waals surface area contributed by atoms with E-state index in [0.29, 0.717) is 11.4 Å². The average molecular weight is 276 g/mol. The number of ether oxygens (including phenoxy) is 1. The van der Waals surface area contributed by atoms with Gasteiger partial charge in [-0.3, -0.25) is 4.68 Å². The summed E-state index contributed by atoms with van der Waals surface area (Å²) in [6, 6.07) is 0. The van der Waals surface area contributed by atoms with Gasteiger partial charge >= 0.3 is 0 Å². The molecule has 0 radical (unpaired) electrons. The molecule has 0 saturated carbocycles. The van der Waals surface area contributed by atoms with Gasteiger partial charge in [-0.2, -0.15) is 5.10 Å². The van der Waals surface area contributed by atoms with Crippen molar-refractivity contribution in [2.24, 2.45) is 7.05 Å². The number of hydrogen-bond acceptors (Lipinski definition) is 5. The van der Waals surface area contributed by atoms with Gasteiger partial charge in [0.15, 0.2) is 0 Å². The lowest BCUT2D eigenvalue weighted by Crippen LogP contribution is -2.28. The van der Waals surface area contributed by atoms with Crippen molar-refractivity contribution in [1.82, 2.24) is 14.5 Å². The van der Waals surface area contributed by atoms with Crippen molar-refractivity contribution in [2.45, 2.75) is 26.5 Å². The maximum atomic E-state index is 11.6. The molecule has 0 amide bonds. The topological polar surface area (TPSA) is 99.2 Å². The summed E-state index contributed by atoms with van der Waals surface area (Å²) in [6.07, 6.45) is 1.57. The fourth-order valence-electron chi connectivity index (χ4n) is 1.28. The largest absolute Gasteiger partial charge is 0.384 e. The van der Waals surface area contributed by atoms with Crippen LogP contribution in [0.3, 0.4) is 0 Å². The van der Waals surface area contributed by atoms with Crippen molar-refractivity contribution in [3.8, 4) is 0 Å². The van der Waals surface area contributed by atoms with Gasteiger partial charge in [0.2, 0.25) is 10.0 Å². The van der Waals surface area contributed by atoms with Crippen molar-refractivity contribution in [1.29, 1.82) is 0 Å². The zero-order valence-electron chi connectivity index (χ0n) is 10.9. The highest BCUT2D eigenvalue weighted by atomic mass is 32.2. The fraction of sp³-hybridized carbons (Fsp3) is 0.700. The third-order valence-corrected chi connectivity index (χ3v) is 3.64. The van der Waals surface area contributed by atoms with E-state index in [1.165, 1.54) is 4.68 Å². The predicted molar refractivity (Wildman–Crippen MR) is 69.3 cm³/mol. The van der Waals surface area contributed by atoms with E-state index in [0.717, 1.165) is 0 Å². The van der Waals surface area contributed by atoms with E-state index in [9.17, 15) is 8.42 Å². The summed E-state index contributed by atoms with van der Waals surface area (Å²) >= 11 is 0. The Bertz CT molecular complexity index is 481. The van der Waals surface area contributed by atoms with Crippen LogP contribution in [0.5, 0.6) is 0 Å². The fourth-order valence-corrected chi connectivity index (χ4v) is 2.12. The molecule has 0 unspecified atom stereocenters.